The number of rotatable bonds is 11. The molecule has 0 aliphatic heterocycles. The third-order valence-corrected chi connectivity index (χ3v) is 3.92. The van der Waals surface area contributed by atoms with Crippen molar-refractivity contribution in [1.29, 1.82) is 0 Å². The summed E-state index contributed by atoms with van der Waals surface area (Å²) < 4.78 is 11.8. The first-order chi connectivity index (χ1) is 11.2. The van der Waals surface area contributed by atoms with Crippen LogP contribution in [0.2, 0.25) is 0 Å². The molecule has 0 aromatic heterocycles. The maximum Gasteiger partial charge on any atom is 0.341 e. The van der Waals surface area contributed by atoms with Gasteiger partial charge in [-0.05, 0) is 26.7 Å². The monoisotopic (exact) mass is 321 g/mol. The van der Waals surface area contributed by atoms with E-state index in [1.54, 1.807) is 0 Å². The highest BCUT2D eigenvalue weighted by molar-refractivity contribution is 5.97. The highest BCUT2D eigenvalue weighted by Crippen LogP contribution is 2.26. The number of allylic oxidation sites excluding steroid dienone is 3. The number of likely N-dealkylation sites (N-methyl/N-ethyl adjacent to an activating group) is 1. The summed E-state index contributed by atoms with van der Waals surface area (Å²) in [4.78, 5) is 5.67. The second-order valence-electron chi connectivity index (χ2n) is 5.62. The molecule has 0 atom stereocenters. The Morgan fingerprint density at radius 3 is 2.17 bits per heavy atom. The fourth-order valence-corrected chi connectivity index (χ4v) is 2.45. The summed E-state index contributed by atoms with van der Waals surface area (Å²) >= 11 is 0. The van der Waals surface area contributed by atoms with E-state index in [-0.39, 0.29) is 0 Å². The number of hydrogen-bond donors (Lipinski definition) is 0. The quantitative estimate of drug-likeness (QED) is 0.326. The zero-order valence-electron chi connectivity index (χ0n) is 15.1. The summed E-state index contributed by atoms with van der Waals surface area (Å²) in [6, 6.07) is 0. The molecule has 0 aromatic carbocycles. The molecule has 1 aliphatic carbocycles. The molecule has 5 nitrogen and oxygen atoms in total. The number of nitrogens with zero attached hydrogens (tertiary/aromatic N) is 3. The summed E-state index contributed by atoms with van der Waals surface area (Å²) in [5.74, 6) is 1.53. The average Bonchev–Trinajstić information content (AvgIpc) is 2.57. The maximum atomic E-state index is 9.32. The molecule has 0 amide bonds. The van der Waals surface area contributed by atoms with Gasteiger partial charge >= 0.3 is 5.71 Å². The van der Waals surface area contributed by atoms with Crippen LogP contribution in [-0.2, 0) is 9.47 Å². The summed E-state index contributed by atoms with van der Waals surface area (Å²) in [5, 5.41) is 0. The lowest BCUT2D eigenvalue weighted by atomic mass is 10.0. The Hall–Kier alpha value is -1.74. The van der Waals surface area contributed by atoms with Crippen molar-refractivity contribution in [3.8, 4) is 0 Å². The molecule has 0 N–H and O–H groups in total. The zero-order chi connectivity index (χ0) is 17.1. The van der Waals surface area contributed by atoms with Gasteiger partial charge in [0.15, 0.2) is 0 Å². The van der Waals surface area contributed by atoms with E-state index >= 15 is 0 Å². The fourth-order valence-electron chi connectivity index (χ4n) is 2.45. The molecule has 1 rings (SSSR count). The van der Waals surface area contributed by atoms with Crippen LogP contribution in [-0.4, -0.2) is 41.7 Å². The summed E-state index contributed by atoms with van der Waals surface area (Å²) in [7, 11) is 0. The van der Waals surface area contributed by atoms with Crippen molar-refractivity contribution in [2.75, 3.05) is 26.3 Å². The van der Waals surface area contributed by atoms with Gasteiger partial charge in [0, 0.05) is 19.2 Å². The second kappa shape index (κ2) is 10.9. The number of ether oxygens (including phenoxy) is 2. The molecule has 5 heteroatoms. The van der Waals surface area contributed by atoms with Crippen molar-refractivity contribution < 1.29 is 14.3 Å². The molecule has 0 heterocycles. The Bertz CT molecular complexity index is 473. The molecule has 23 heavy (non-hydrogen) atoms. The Morgan fingerprint density at radius 1 is 1.04 bits per heavy atom. The van der Waals surface area contributed by atoms with E-state index in [4.69, 9.17) is 9.47 Å². The van der Waals surface area contributed by atoms with E-state index in [2.05, 4.69) is 37.4 Å². The van der Waals surface area contributed by atoms with Gasteiger partial charge in [-0.2, -0.15) is 4.79 Å². The zero-order valence-corrected chi connectivity index (χ0v) is 15.1. The minimum atomic E-state index is 0.476. The lowest BCUT2D eigenvalue weighted by Gasteiger charge is -2.27. The molecule has 0 aromatic rings. The Labute approximate surface area is 140 Å². The van der Waals surface area contributed by atoms with Crippen molar-refractivity contribution in [1.82, 2.24) is 4.90 Å². The van der Waals surface area contributed by atoms with Crippen LogP contribution in [0.5, 0.6) is 0 Å². The van der Waals surface area contributed by atoms with Gasteiger partial charge in [-0.1, -0.05) is 26.7 Å². The first-order valence-electron chi connectivity index (χ1n) is 8.88. The Morgan fingerprint density at radius 2 is 1.65 bits per heavy atom. The molecule has 0 spiro atoms. The molecule has 0 unspecified atom stereocenters. The van der Waals surface area contributed by atoms with Crippen molar-refractivity contribution in [3.63, 3.8) is 0 Å². The molecule has 0 radical (unpaired) electrons. The van der Waals surface area contributed by atoms with Crippen LogP contribution in [0.3, 0.4) is 0 Å². The van der Waals surface area contributed by atoms with E-state index in [1.165, 1.54) is 0 Å². The lowest BCUT2D eigenvalue weighted by Crippen LogP contribution is -2.28. The topological polar surface area (TPSA) is 58.1 Å². The molecule has 0 fully saturated rings. The van der Waals surface area contributed by atoms with Crippen molar-refractivity contribution >= 4 is 5.71 Å². The van der Waals surface area contributed by atoms with Gasteiger partial charge in [0.25, 0.3) is 0 Å². The molecule has 1 aliphatic rings. The summed E-state index contributed by atoms with van der Waals surface area (Å²) in [6.07, 6.45) is 6.61. The van der Waals surface area contributed by atoms with Crippen molar-refractivity contribution in [2.45, 2.75) is 59.8 Å². The molecular formula is C18H31N3O2. The minimum absolute atomic E-state index is 0.476. The predicted octanol–water partition coefficient (Wildman–Crippen LogP) is 4.13. The van der Waals surface area contributed by atoms with Gasteiger partial charge in [-0.3, -0.25) is 0 Å². The van der Waals surface area contributed by atoms with Crippen LogP contribution >= 0.6 is 0 Å². The van der Waals surface area contributed by atoms with Gasteiger partial charge < -0.3 is 19.9 Å². The van der Waals surface area contributed by atoms with E-state index in [9.17, 15) is 5.53 Å². The fraction of sp³-hybridized carbons (Fsp3) is 0.722. The molecule has 0 saturated carbocycles. The Kier molecular flexibility index (Phi) is 9.15. The highest BCUT2D eigenvalue weighted by atomic mass is 16.5. The van der Waals surface area contributed by atoms with Crippen LogP contribution in [0.4, 0.5) is 0 Å². The second-order valence-corrected chi connectivity index (χ2v) is 5.62. The SMILES string of the molecule is CCCCOC1=CC(N(CC)CC)=C(OCCCC)CC1=[N+]=[N-]. The highest BCUT2D eigenvalue weighted by Gasteiger charge is 2.29. The number of hydrogen-bond acceptors (Lipinski definition) is 3. The first-order valence-corrected chi connectivity index (χ1v) is 8.88. The van der Waals surface area contributed by atoms with Crippen LogP contribution in [0.1, 0.15) is 59.8 Å². The normalized spacial score (nSPS) is 14.4. The largest absolute Gasteiger partial charge is 0.495 e. The minimum Gasteiger partial charge on any atom is -0.495 e. The van der Waals surface area contributed by atoms with Crippen LogP contribution in [0.25, 0.3) is 5.53 Å². The van der Waals surface area contributed by atoms with E-state index < -0.39 is 0 Å². The Balaban J connectivity index is 3.05. The van der Waals surface area contributed by atoms with Crippen LogP contribution in [0.15, 0.2) is 23.3 Å². The summed E-state index contributed by atoms with van der Waals surface area (Å²) in [5.41, 5.74) is 10.9. The van der Waals surface area contributed by atoms with Gasteiger partial charge in [-0.15, -0.1) is 0 Å². The van der Waals surface area contributed by atoms with E-state index in [0.29, 0.717) is 31.1 Å². The predicted molar refractivity (Wildman–Crippen MR) is 93.0 cm³/mol. The lowest BCUT2D eigenvalue weighted by molar-refractivity contribution is -0.0141. The molecular weight excluding hydrogens is 290 g/mol. The van der Waals surface area contributed by atoms with Crippen molar-refractivity contribution in [3.05, 3.63) is 28.8 Å². The van der Waals surface area contributed by atoms with Gasteiger partial charge in [0.2, 0.25) is 5.76 Å². The summed E-state index contributed by atoms with van der Waals surface area (Å²) in [6.45, 7) is 11.6. The number of unbranched alkanes of at least 4 members (excludes halogenated alkanes) is 2. The maximum absolute atomic E-state index is 9.32. The molecule has 0 bridgehead atoms. The van der Waals surface area contributed by atoms with Gasteiger partial charge in [0.1, 0.15) is 12.2 Å². The standard InChI is InChI=1S/C18H31N3O2/c1-5-9-11-22-17-14-16(21(7-3)8-4)18(13-15(17)20-19)23-12-10-6-2/h14H,5-13H2,1-4H3. The molecule has 0 saturated heterocycles. The van der Waals surface area contributed by atoms with Crippen molar-refractivity contribution in [2.24, 2.45) is 0 Å². The van der Waals surface area contributed by atoms with E-state index in [0.717, 1.165) is 50.2 Å². The molecule has 130 valence electrons. The smallest absolute Gasteiger partial charge is 0.341 e. The van der Waals surface area contributed by atoms with Crippen LogP contribution in [0, 0.1) is 0 Å². The van der Waals surface area contributed by atoms with Gasteiger partial charge in [0.05, 0.1) is 18.9 Å². The average molecular weight is 321 g/mol. The first kappa shape index (κ1) is 19.3. The van der Waals surface area contributed by atoms with E-state index in [1.807, 2.05) is 6.08 Å². The third kappa shape index (κ3) is 5.76. The van der Waals surface area contributed by atoms with Crippen LogP contribution < -0.4 is 0 Å². The third-order valence-electron chi connectivity index (χ3n) is 3.92. The van der Waals surface area contributed by atoms with Gasteiger partial charge in [-0.25, -0.2) is 0 Å².